The molecule has 0 saturated heterocycles. The van der Waals surface area contributed by atoms with Crippen molar-refractivity contribution in [2.45, 2.75) is 0 Å². The summed E-state index contributed by atoms with van der Waals surface area (Å²) in [6.45, 7) is 4.00. The van der Waals surface area contributed by atoms with Gasteiger partial charge in [-0.15, -0.1) is 0 Å². The third-order valence-electron chi connectivity index (χ3n) is 2.43. The van der Waals surface area contributed by atoms with Crippen LogP contribution in [0, 0.1) is 0 Å². The first kappa shape index (κ1) is 10.8. The number of halogens is 1. The highest BCUT2D eigenvalue weighted by Gasteiger charge is 2.08. The highest BCUT2D eigenvalue weighted by molar-refractivity contribution is 6.32. The van der Waals surface area contributed by atoms with Gasteiger partial charge in [-0.3, -0.25) is 4.68 Å². The molecule has 0 aliphatic rings. The van der Waals surface area contributed by atoms with Gasteiger partial charge in [0.15, 0.2) is 0 Å². The van der Waals surface area contributed by atoms with Gasteiger partial charge in [0.25, 0.3) is 0 Å². The lowest BCUT2D eigenvalue weighted by Gasteiger charge is -2.07. The van der Waals surface area contributed by atoms with E-state index in [-0.39, 0.29) is 5.75 Å². The second-order valence-electron chi connectivity index (χ2n) is 3.48. The molecule has 0 spiro atoms. The molecule has 3 nitrogen and oxygen atoms in total. The maximum atomic E-state index is 9.33. The average Bonchev–Trinajstić information content (AvgIpc) is 2.67. The van der Waals surface area contributed by atoms with Crippen LogP contribution in [0.5, 0.6) is 5.75 Å². The topological polar surface area (TPSA) is 38.1 Å². The van der Waals surface area contributed by atoms with E-state index in [1.54, 1.807) is 29.1 Å². The molecular weight excluding hydrogens is 224 g/mol. The van der Waals surface area contributed by atoms with E-state index >= 15 is 0 Å². The van der Waals surface area contributed by atoms with Crippen LogP contribution >= 0.6 is 11.6 Å². The molecule has 2 aromatic rings. The first-order valence-electron chi connectivity index (χ1n) is 4.76. The van der Waals surface area contributed by atoms with Gasteiger partial charge in [-0.25, -0.2) is 0 Å². The lowest BCUT2D eigenvalue weighted by atomic mass is 10.0. The van der Waals surface area contributed by atoms with E-state index in [0.717, 1.165) is 16.8 Å². The van der Waals surface area contributed by atoms with Crippen LogP contribution in [0.25, 0.3) is 5.57 Å². The zero-order valence-corrected chi connectivity index (χ0v) is 9.57. The van der Waals surface area contributed by atoms with Crippen molar-refractivity contribution in [2.24, 2.45) is 7.05 Å². The van der Waals surface area contributed by atoms with E-state index in [2.05, 4.69) is 11.7 Å². The Morgan fingerprint density at radius 2 is 2.19 bits per heavy atom. The van der Waals surface area contributed by atoms with Gasteiger partial charge < -0.3 is 5.11 Å². The van der Waals surface area contributed by atoms with E-state index in [1.165, 1.54) is 0 Å². The minimum absolute atomic E-state index is 0.0724. The highest BCUT2D eigenvalue weighted by atomic mass is 35.5. The van der Waals surface area contributed by atoms with Gasteiger partial charge >= 0.3 is 0 Å². The van der Waals surface area contributed by atoms with Gasteiger partial charge in [0.05, 0.1) is 10.7 Å². The van der Waals surface area contributed by atoms with Crippen molar-refractivity contribution in [1.82, 2.24) is 9.78 Å². The molecule has 0 amide bonds. The van der Waals surface area contributed by atoms with Crippen LogP contribution in [0.4, 0.5) is 0 Å². The van der Waals surface area contributed by atoms with Gasteiger partial charge in [0, 0.05) is 13.2 Å². The van der Waals surface area contributed by atoms with Crippen molar-refractivity contribution < 1.29 is 5.11 Å². The summed E-state index contributed by atoms with van der Waals surface area (Å²) in [5, 5.41) is 13.7. The van der Waals surface area contributed by atoms with Gasteiger partial charge in [0.2, 0.25) is 0 Å². The first-order valence-corrected chi connectivity index (χ1v) is 5.13. The molecule has 0 aliphatic heterocycles. The van der Waals surface area contributed by atoms with Crippen LogP contribution in [0.15, 0.2) is 37.0 Å². The van der Waals surface area contributed by atoms with Gasteiger partial charge in [-0.05, 0) is 29.3 Å². The maximum Gasteiger partial charge on any atom is 0.134 e. The Kier molecular flexibility index (Phi) is 2.71. The molecule has 0 fully saturated rings. The largest absolute Gasteiger partial charge is 0.506 e. The average molecular weight is 235 g/mol. The Labute approximate surface area is 98.6 Å². The number of nitrogens with zero attached hydrogens (tertiary/aromatic N) is 2. The minimum Gasteiger partial charge on any atom is -0.506 e. The standard InChI is InChI=1S/C12H11ClN2O/c1-8(11-5-6-14-15(11)2)9-3-4-12(16)10(13)7-9/h3-7,16H,1H2,2H3. The molecular formula is C12H11ClN2O. The molecule has 0 unspecified atom stereocenters. The predicted octanol–water partition coefficient (Wildman–Crippen LogP) is 2.84. The molecule has 1 aromatic heterocycles. The van der Waals surface area contributed by atoms with Crippen molar-refractivity contribution in [2.75, 3.05) is 0 Å². The predicted molar refractivity (Wildman–Crippen MR) is 64.5 cm³/mol. The normalized spacial score (nSPS) is 10.4. The lowest BCUT2D eigenvalue weighted by Crippen LogP contribution is -1.97. The fourth-order valence-corrected chi connectivity index (χ4v) is 1.69. The number of phenols is 1. The number of hydrogen-bond donors (Lipinski definition) is 1. The Morgan fingerprint density at radius 3 is 2.75 bits per heavy atom. The molecule has 0 saturated carbocycles. The highest BCUT2D eigenvalue weighted by Crippen LogP contribution is 2.28. The summed E-state index contributed by atoms with van der Waals surface area (Å²) >= 11 is 5.85. The number of rotatable bonds is 2. The Bertz CT molecular complexity index is 546. The quantitative estimate of drug-likeness (QED) is 0.868. The fraction of sp³-hybridized carbons (Fsp3) is 0.0833. The Balaban J connectivity index is 2.42. The van der Waals surface area contributed by atoms with E-state index < -0.39 is 0 Å². The fourth-order valence-electron chi connectivity index (χ4n) is 1.51. The zero-order chi connectivity index (χ0) is 11.7. The molecule has 82 valence electrons. The molecule has 16 heavy (non-hydrogen) atoms. The molecule has 1 heterocycles. The van der Waals surface area contributed by atoms with Crippen molar-refractivity contribution in [3.63, 3.8) is 0 Å². The summed E-state index contributed by atoms with van der Waals surface area (Å²) < 4.78 is 1.74. The van der Waals surface area contributed by atoms with Crippen molar-refractivity contribution in [3.8, 4) is 5.75 Å². The summed E-state index contributed by atoms with van der Waals surface area (Å²) in [5.41, 5.74) is 2.61. The van der Waals surface area contributed by atoms with Crippen molar-refractivity contribution >= 4 is 17.2 Å². The molecule has 0 radical (unpaired) electrons. The zero-order valence-electron chi connectivity index (χ0n) is 8.81. The molecule has 4 heteroatoms. The third kappa shape index (κ3) is 1.82. The van der Waals surface area contributed by atoms with Crippen LogP contribution < -0.4 is 0 Å². The molecule has 0 atom stereocenters. The van der Waals surface area contributed by atoms with E-state index in [0.29, 0.717) is 5.02 Å². The van der Waals surface area contributed by atoms with Gasteiger partial charge in [-0.2, -0.15) is 5.10 Å². The summed E-state index contributed by atoms with van der Waals surface area (Å²) in [5.74, 6) is 0.0724. The third-order valence-corrected chi connectivity index (χ3v) is 2.73. The minimum atomic E-state index is 0.0724. The van der Waals surface area contributed by atoms with Crippen LogP contribution in [-0.2, 0) is 7.05 Å². The second-order valence-corrected chi connectivity index (χ2v) is 3.89. The summed E-state index contributed by atoms with van der Waals surface area (Å²) in [6.07, 6.45) is 1.71. The molecule has 1 N–H and O–H groups in total. The van der Waals surface area contributed by atoms with Gasteiger partial charge in [0.1, 0.15) is 5.75 Å². The smallest absolute Gasteiger partial charge is 0.134 e. The second kappa shape index (κ2) is 4.02. The van der Waals surface area contributed by atoms with Crippen molar-refractivity contribution in [3.05, 3.63) is 53.3 Å². The summed E-state index contributed by atoms with van der Waals surface area (Å²) in [7, 11) is 1.85. The first-order chi connectivity index (χ1) is 7.59. The van der Waals surface area contributed by atoms with E-state index in [1.807, 2.05) is 13.1 Å². The molecule has 0 bridgehead atoms. The number of benzene rings is 1. The van der Waals surface area contributed by atoms with E-state index in [4.69, 9.17) is 11.6 Å². The number of hydrogen-bond acceptors (Lipinski definition) is 2. The molecule has 1 aromatic carbocycles. The summed E-state index contributed by atoms with van der Waals surface area (Å²) in [4.78, 5) is 0. The maximum absolute atomic E-state index is 9.33. The Morgan fingerprint density at radius 1 is 1.44 bits per heavy atom. The van der Waals surface area contributed by atoms with Crippen LogP contribution in [0.2, 0.25) is 5.02 Å². The van der Waals surface area contributed by atoms with Crippen LogP contribution in [-0.4, -0.2) is 14.9 Å². The van der Waals surface area contributed by atoms with Gasteiger partial charge in [-0.1, -0.05) is 24.2 Å². The van der Waals surface area contributed by atoms with Crippen LogP contribution in [0.3, 0.4) is 0 Å². The monoisotopic (exact) mass is 234 g/mol. The Hall–Kier alpha value is -1.74. The van der Waals surface area contributed by atoms with Crippen LogP contribution in [0.1, 0.15) is 11.3 Å². The lowest BCUT2D eigenvalue weighted by molar-refractivity contribution is 0.475. The molecule has 0 aliphatic carbocycles. The number of aromatic nitrogens is 2. The van der Waals surface area contributed by atoms with E-state index in [9.17, 15) is 5.11 Å². The molecule has 2 rings (SSSR count). The number of aromatic hydroxyl groups is 1. The number of phenolic OH excluding ortho intramolecular Hbond substituents is 1. The SMILES string of the molecule is C=C(c1ccc(O)c(Cl)c1)c1ccnn1C. The number of aryl methyl sites for hydroxylation is 1. The summed E-state index contributed by atoms with van der Waals surface area (Å²) in [6, 6.07) is 6.89. The van der Waals surface area contributed by atoms with Crippen molar-refractivity contribution in [1.29, 1.82) is 0 Å².